The predicted octanol–water partition coefficient (Wildman–Crippen LogP) is 2.66. The molecule has 124 valence electrons. The van der Waals surface area contributed by atoms with Gasteiger partial charge in [-0.15, -0.1) is 23.2 Å². The number of halogens is 2. The highest BCUT2D eigenvalue weighted by molar-refractivity contribution is 6.18. The Bertz CT molecular complexity index is 412. The van der Waals surface area contributed by atoms with E-state index in [1.54, 1.807) is 0 Å². The SMILES string of the molecule is C[C@H](NC(=O)COCCN(CCCl)CCCl)c1ccccc1. The van der Waals surface area contributed by atoms with Gasteiger partial charge in [0, 0.05) is 31.4 Å². The predicted molar refractivity (Wildman–Crippen MR) is 91.7 cm³/mol. The summed E-state index contributed by atoms with van der Waals surface area (Å²) < 4.78 is 5.42. The molecule has 1 aromatic rings. The second-order valence-corrected chi connectivity index (χ2v) is 5.73. The van der Waals surface area contributed by atoms with E-state index in [1.165, 1.54) is 0 Å². The average Bonchev–Trinajstić information content (AvgIpc) is 2.52. The molecular formula is C16H24Cl2N2O2. The molecule has 0 aromatic heterocycles. The molecule has 1 atom stereocenters. The van der Waals surface area contributed by atoms with Crippen molar-refractivity contribution in [3.8, 4) is 0 Å². The van der Waals surface area contributed by atoms with Gasteiger partial charge in [0.1, 0.15) is 6.61 Å². The fourth-order valence-corrected chi connectivity index (χ4v) is 2.52. The van der Waals surface area contributed by atoms with Gasteiger partial charge in [0.15, 0.2) is 0 Å². The first-order valence-corrected chi connectivity index (χ1v) is 8.50. The third-order valence-corrected chi connectivity index (χ3v) is 3.60. The van der Waals surface area contributed by atoms with E-state index in [1.807, 2.05) is 37.3 Å². The molecule has 0 spiro atoms. The van der Waals surface area contributed by atoms with Gasteiger partial charge in [0.05, 0.1) is 12.6 Å². The topological polar surface area (TPSA) is 41.6 Å². The summed E-state index contributed by atoms with van der Waals surface area (Å²) in [5.74, 6) is 1.01. The molecule has 0 radical (unpaired) electrons. The van der Waals surface area contributed by atoms with E-state index in [9.17, 15) is 4.79 Å². The highest BCUT2D eigenvalue weighted by Crippen LogP contribution is 2.10. The molecule has 1 amide bonds. The molecular weight excluding hydrogens is 323 g/mol. The molecule has 0 aliphatic heterocycles. The fraction of sp³-hybridized carbons (Fsp3) is 0.562. The molecule has 0 bridgehead atoms. The van der Waals surface area contributed by atoms with Gasteiger partial charge in [-0.1, -0.05) is 30.3 Å². The lowest BCUT2D eigenvalue weighted by atomic mass is 10.1. The maximum atomic E-state index is 11.8. The van der Waals surface area contributed by atoms with Crippen molar-refractivity contribution in [2.75, 3.05) is 44.6 Å². The second-order valence-electron chi connectivity index (χ2n) is 4.97. The summed E-state index contributed by atoms with van der Waals surface area (Å²) in [5.41, 5.74) is 1.08. The number of hydrogen-bond donors (Lipinski definition) is 1. The van der Waals surface area contributed by atoms with Crippen molar-refractivity contribution in [2.24, 2.45) is 0 Å². The summed E-state index contributed by atoms with van der Waals surface area (Å²) in [5, 5.41) is 2.91. The Hall–Kier alpha value is -0.810. The van der Waals surface area contributed by atoms with E-state index in [-0.39, 0.29) is 18.6 Å². The van der Waals surface area contributed by atoms with Crippen LogP contribution < -0.4 is 5.32 Å². The zero-order valence-corrected chi connectivity index (χ0v) is 14.4. The van der Waals surface area contributed by atoms with Crippen molar-refractivity contribution in [2.45, 2.75) is 13.0 Å². The average molecular weight is 347 g/mol. The second kappa shape index (κ2) is 11.7. The number of carbonyl (C=O) groups is 1. The summed E-state index contributed by atoms with van der Waals surface area (Å²) >= 11 is 11.4. The van der Waals surface area contributed by atoms with E-state index in [0.29, 0.717) is 18.4 Å². The van der Waals surface area contributed by atoms with Crippen LogP contribution in [0.2, 0.25) is 0 Å². The minimum Gasteiger partial charge on any atom is -0.370 e. The van der Waals surface area contributed by atoms with Gasteiger partial charge < -0.3 is 10.1 Å². The van der Waals surface area contributed by atoms with Crippen LogP contribution >= 0.6 is 23.2 Å². The lowest BCUT2D eigenvalue weighted by molar-refractivity contribution is -0.126. The molecule has 1 rings (SSSR count). The monoisotopic (exact) mass is 346 g/mol. The van der Waals surface area contributed by atoms with Crippen molar-refractivity contribution in [3.05, 3.63) is 35.9 Å². The van der Waals surface area contributed by atoms with Crippen LogP contribution in [0.1, 0.15) is 18.5 Å². The summed E-state index contributed by atoms with van der Waals surface area (Å²) in [6.45, 7) is 4.77. The number of rotatable bonds is 11. The van der Waals surface area contributed by atoms with Crippen molar-refractivity contribution in [1.29, 1.82) is 0 Å². The van der Waals surface area contributed by atoms with E-state index in [4.69, 9.17) is 27.9 Å². The number of carbonyl (C=O) groups excluding carboxylic acids is 1. The Labute approximate surface area is 142 Å². The number of ether oxygens (including phenoxy) is 1. The first-order valence-electron chi connectivity index (χ1n) is 7.43. The molecule has 0 fully saturated rings. The third kappa shape index (κ3) is 7.99. The number of nitrogens with one attached hydrogen (secondary N) is 1. The molecule has 0 saturated heterocycles. The van der Waals surface area contributed by atoms with Gasteiger partial charge in [-0.05, 0) is 12.5 Å². The molecule has 0 saturated carbocycles. The smallest absolute Gasteiger partial charge is 0.246 e. The minimum absolute atomic E-state index is 0.0266. The van der Waals surface area contributed by atoms with Gasteiger partial charge in [0.25, 0.3) is 0 Å². The van der Waals surface area contributed by atoms with Crippen LogP contribution in [0.4, 0.5) is 0 Å². The van der Waals surface area contributed by atoms with Crippen LogP contribution in [-0.2, 0) is 9.53 Å². The summed E-state index contributed by atoms with van der Waals surface area (Å²) in [4.78, 5) is 13.9. The lowest BCUT2D eigenvalue weighted by Crippen LogP contribution is -2.34. The van der Waals surface area contributed by atoms with Crippen LogP contribution in [0.25, 0.3) is 0 Å². The Morgan fingerprint density at radius 3 is 2.41 bits per heavy atom. The first kappa shape index (κ1) is 19.2. The number of hydrogen-bond acceptors (Lipinski definition) is 3. The number of amides is 1. The third-order valence-electron chi connectivity index (χ3n) is 3.26. The maximum absolute atomic E-state index is 11.8. The van der Waals surface area contributed by atoms with Gasteiger partial charge in [-0.2, -0.15) is 0 Å². The molecule has 0 aliphatic carbocycles. The van der Waals surface area contributed by atoms with Crippen LogP contribution in [0, 0.1) is 0 Å². The first-order chi connectivity index (χ1) is 10.7. The van der Waals surface area contributed by atoms with E-state index in [2.05, 4.69) is 10.2 Å². The molecule has 22 heavy (non-hydrogen) atoms. The van der Waals surface area contributed by atoms with Crippen LogP contribution in [0.15, 0.2) is 30.3 Å². The molecule has 0 heterocycles. The molecule has 1 N–H and O–H groups in total. The van der Waals surface area contributed by atoms with Crippen molar-refractivity contribution < 1.29 is 9.53 Å². The van der Waals surface area contributed by atoms with Gasteiger partial charge in [0.2, 0.25) is 5.91 Å². The molecule has 6 heteroatoms. The van der Waals surface area contributed by atoms with Crippen LogP contribution in [0.5, 0.6) is 0 Å². The van der Waals surface area contributed by atoms with Crippen LogP contribution in [-0.4, -0.2) is 55.4 Å². The van der Waals surface area contributed by atoms with Gasteiger partial charge >= 0.3 is 0 Å². The maximum Gasteiger partial charge on any atom is 0.246 e. The number of benzene rings is 1. The van der Waals surface area contributed by atoms with Crippen LogP contribution in [0.3, 0.4) is 0 Å². The zero-order chi connectivity index (χ0) is 16.2. The van der Waals surface area contributed by atoms with Crippen molar-refractivity contribution >= 4 is 29.1 Å². The lowest BCUT2D eigenvalue weighted by Gasteiger charge is -2.20. The van der Waals surface area contributed by atoms with E-state index < -0.39 is 0 Å². The summed E-state index contributed by atoms with van der Waals surface area (Å²) in [6.07, 6.45) is 0. The molecule has 0 unspecified atom stereocenters. The normalized spacial score (nSPS) is 12.4. The summed E-state index contributed by atoms with van der Waals surface area (Å²) in [7, 11) is 0. The number of nitrogens with zero attached hydrogens (tertiary/aromatic N) is 1. The van der Waals surface area contributed by atoms with E-state index in [0.717, 1.165) is 25.2 Å². The summed E-state index contributed by atoms with van der Waals surface area (Å²) in [6, 6.07) is 9.81. The van der Waals surface area contributed by atoms with Gasteiger partial charge in [-0.25, -0.2) is 0 Å². The van der Waals surface area contributed by atoms with Crippen molar-refractivity contribution in [1.82, 2.24) is 10.2 Å². The largest absolute Gasteiger partial charge is 0.370 e. The fourth-order valence-electron chi connectivity index (χ4n) is 2.04. The number of alkyl halides is 2. The Balaban J connectivity index is 2.20. The standard InChI is InChI=1S/C16H24Cl2N2O2/c1-14(15-5-3-2-4-6-15)19-16(21)13-22-12-11-20(9-7-17)10-8-18/h2-6,14H,7-13H2,1H3,(H,19,21)/t14-/m0/s1. The quantitative estimate of drug-likeness (QED) is 0.494. The Morgan fingerprint density at radius 2 is 1.82 bits per heavy atom. The molecule has 1 aromatic carbocycles. The minimum atomic E-state index is -0.113. The highest BCUT2D eigenvalue weighted by atomic mass is 35.5. The molecule has 4 nitrogen and oxygen atoms in total. The van der Waals surface area contributed by atoms with E-state index >= 15 is 0 Å². The Kier molecular flexibility index (Phi) is 10.2. The Morgan fingerprint density at radius 1 is 1.18 bits per heavy atom. The molecule has 0 aliphatic rings. The van der Waals surface area contributed by atoms with Gasteiger partial charge in [-0.3, -0.25) is 9.69 Å². The van der Waals surface area contributed by atoms with Crippen molar-refractivity contribution in [3.63, 3.8) is 0 Å². The highest BCUT2D eigenvalue weighted by Gasteiger charge is 2.09. The zero-order valence-electron chi connectivity index (χ0n) is 12.9.